The summed E-state index contributed by atoms with van der Waals surface area (Å²) in [5.74, 6) is 0.794. The highest BCUT2D eigenvalue weighted by molar-refractivity contribution is 8.00. The molecule has 0 fully saturated rings. The first-order valence-electron chi connectivity index (χ1n) is 8.83. The van der Waals surface area contributed by atoms with Crippen LogP contribution in [0, 0.1) is 17.0 Å². The number of aryl methyl sites for hydroxylation is 1. The maximum absolute atomic E-state index is 12.2. The zero-order chi connectivity index (χ0) is 20.8. The number of carbonyl (C=O) groups is 1. The van der Waals surface area contributed by atoms with Gasteiger partial charge in [0, 0.05) is 22.6 Å². The highest BCUT2D eigenvalue weighted by Crippen LogP contribution is 2.25. The second-order valence-electron chi connectivity index (χ2n) is 6.31. The molecule has 7 nitrogen and oxygen atoms in total. The van der Waals surface area contributed by atoms with E-state index in [0.29, 0.717) is 17.1 Å². The zero-order valence-electron chi connectivity index (χ0n) is 15.9. The minimum Gasteiger partial charge on any atom is -0.455 e. The number of nitrogens with zero attached hydrogens (tertiary/aromatic N) is 2. The van der Waals surface area contributed by atoms with Gasteiger partial charge in [0.1, 0.15) is 11.5 Å². The van der Waals surface area contributed by atoms with Crippen LogP contribution in [0.1, 0.15) is 18.2 Å². The number of thioether (sulfide) groups is 1. The second-order valence-corrected chi connectivity index (χ2v) is 7.73. The number of nitro groups is 1. The number of carbonyl (C=O) groups excluding carboxylic acids is 1. The number of nitro benzene ring substituents is 1. The summed E-state index contributed by atoms with van der Waals surface area (Å²) in [6, 6.07) is 17.5. The molecule has 0 aliphatic carbocycles. The molecule has 3 aromatic rings. The molecule has 1 amide bonds. The molecule has 29 heavy (non-hydrogen) atoms. The lowest BCUT2D eigenvalue weighted by Crippen LogP contribution is -2.26. The monoisotopic (exact) mass is 409 g/mol. The molecule has 1 atom stereocenters. The number of hydrogen-bond acceptors (Lipinski definition) is 6. The first-order chi connectivity index (χ1) is 13.9. The number of rotatable bonds is 7. The van der Waals surface area contributed by atoms with Gasteiger partial charge in [-0.25, -0.2) is 5.43 Å². The molecular formula is C21H19N3O4S. The molecule has 0 aliphatic heterocycles. The van der Waals surface area contributed by atoms with Crippen molar-refractivity contribution in [2.45, 2.75) is 24.0 Å². The van der Waals surface area contributed by atoms with Gasteiger partial charge in [0.25, 0.3) is 11.6 Å². The molecule has 8 heteroatoms. The van der Waals surface area contributed by atoms with Crippen molar-refractivity contribution in [3.8, 4) is 11.3 Å². The van der Waals surface area contributed by atoms with Gasteiger partial charge >= 0.3 is 0 Å². The minimum absolute atomic E-state index is 0.0161. The summed E-state index contributed by atoms with van der Waals surface area (Å²) in [6.07, 6.45) is 1.41. The van der Waals surface area contributed by atoms with E-state index < -0.39 is 4.92 Å². The predicted octanol–water partition coefficient (Wildman–Crippen LogP) is 4.79. The fourth-order valence-electron chi connectivity index (χ4n) is 2.45. The van der Waals surface area contributed by atoms with Crippen molar-refractivity contribution < 1.29 is 14.1 Å². The SMILES string of the molecule is Cc1ccc(S[C@H](C)C(=O)N/N=C\c2ccc(-c3ccc([N+](=O)[O-])cc3)o2)cc1. The molecule has 148 valence electrons. The van der Waals surface area contributed by atoms with Gasteiger partial charge in [0.2, 0.25) is 0 Å². The van der Waals surface area contributed by atoms with Gasteiger partial charge in [-0.05, 0) is 50.2 Å². The van der Waals surface area contributed by atoms with Crippen molar-refractivity contribution in [2.75, 3.05) is 0 Å². The molecule has 0 aliphatic rings. The second kappa shape index (κ2) is 9.20. The number of amides is 1. The van der Waals surface area contributed by atoms with Gasteiger partial charge in [-0.3, -0.25) is 14.9 Å². The minimum atomic E-state index is -0.454. The lowest BCUT2D eigenvalue weighted by molar-refractivity contribution is -0.384. The fraction of sp³-hybridized carbons (Fsp3) is 0.143. The van der Waals surface area contributed by atoms with Crippen molar-refractivity contribution in [1.82, 2.24) is 5.43 Å². The Kier molecular flexibility index (Phi) is 6.46. The Labute approximate surface area is 172 Å². The van der Waals surface area contributed by atoms with E-state index >= 15 is 0 Å². The van der Waals surface area contributed by atoms with Crippen molar-refractivity contribution in [1.29, 1.82) is 0 Å². The maximum Gasteiger partial charge on any atom is 0.269 e. The molecule has 2 aromatic carbocycles. The molecule has 3 rings (SSSR count). The Balaban J connectivity index is 1.55. The summed E-state index contributed by atoms with van der Waals surface area (Å²) >= 11 is 1.45. The molecule has 0 saturated heterocycles. The number of furan rings is 1. The van der Waals surface area contributed by atoms with Crippen LogP contribution in [0.5, 0.6) is 0 Å². The van der Waals surface area contributed by atoms with Crippen LogP contribution in [-0.2, 0) is 4.79 Å². The topological polar surface area (TPSA) is 97.7 Å². The summed E-state index contributed by atoms with van der Waals surface area (Å²) in [6.45, 7) is 3.83. The van der Waals surface area contributed by atoms with E-state index in [0.717, 1.165) is 4.90 Å². The lowest BCUT2D eigenvalue weighted by atomic mass is 10.1. The largest absolute Gasteiger partial charge is 0.455 e. The molecule has 0 saturated carbocycles. The first kappa shape index (κ1) is 20.3. The molecular weight excluding hydrogens is 390 g/mol. The van der Waals surface area contributed by atoms with Crippen LogP contribution in [0.15, 0.2) is 75.1 Å². The normalized spacial score (nSPS) is 12.1. The molecule has 1 heterocycles. The van der Waals surface area contributed by atoms with E-state index in [1.165, 1.54) is 35.7 Å². The third-order valence-electron chi connectivity index (χ3n) is 4.06. The number of hydrogen-bond donors (Lipinski definition) is 1. The summed E-state index contributed by atoms with van der Waals surface area (Å²) < 4.78 is 5.64. The van der Waals surface area contributed by atoms with Gasteiger partial charge in [-0.15, -0.1) is 11.8 Å². The Morgan fingerprint density at radius 2 is 1.83 bits per heavy atom. The average molecular weight is 409 g/mol. The maximum atomic E-state index is 12.2. The Hall–Kier alpha value is -3.39. The highest BCUT2D eigenvalue weighted by atomic mass is 32.2. The van der Waals surface area contributed by atoms with Crippen LogP contribution < -0.4 is 5.43 Å². The molecule has 0 spiro atoms. The van der Waals surface area contributed by atoms with Gasteiger partial charge in [-0.1, -0.05) is 17.7 Å². The zero-order valence-corrected chi connectivity index (χ0v) is 16.7. The van der Waals surface area contributed by atoms with Gasteiger partial charge in [-0.2, -0.15) is 5.10 Å². The van der Waals surface area contributed by atoms with Crippen LogP contribution in [0.4, 0.5) is 5.69 Å². The van der Waals surface area contributed by atoms with Crippen LogP contribution in [0.3, 0.4) is 0 Å². The van der Waals surface area contributed by atoms with E-state index in [1.54, 1.807) is 24.3 Å². The van der Waals surface area contributed by atoms with Crippen LogP contribution in [-0.4, -0.2) is 22.3 Å². The molecule has 0 bridgehead atoms. The van der Waals surface area contributed by atoms with E-state index in [4.69, 9.17) is 4.42 Å². The quantitative estimate of drug-likeness (QED) is 0.262. The number of non-ortho nitro benzene ring substituents is 1. The Morgan fingerprint density at radius 1 is 1.14 bits per heavy atom. The van der Waals surface area contributed by atoms with Crippen LogP contribution in [0.2, 0.25) is 0 Å². The summed E-state index contributed by atoms with van der Waals surface area (Å²) in [4.78, 5) is 23.5. The summed E-state index contributed by atoms with van der Waals surface area (Å²) in [7, 11) is 0. The first-order valence-corrected chi connectivity index (χ1v) is 9.71. The highest BCUT2D eigenvalue weighted by Gasteiger charge is 2.13. The smallest absolute Gasteiger partial charge is 0.269 e. The van der Waals surface area contributed by atoms with Crippen molar-refractivity contribution in [2.24, 2.45) is 5.10 Å². The van der Waals surface area contributed by atoms with Crippen LogP contribution >= 0.6 is 11.8 Å². The summed E-state index contributed by atoms with van der Waals surface area (Å²) in [5.41, 5.74) is 4.40. The van der Waals surface area contributed by atoms with Crippen LogP contribution in [0.25, 0.3) is 11.3 Å². The molecule has 1 aromatic heterocycles. The fourth-order valence-corrected chi connectivity index (χ4v) is 3.31. The van der Waals surface area contributed by atoms with Crippen molar-refractivity contribution in [3.05, 3.63) is 82.1 Å². The number of benzene rings is 2. The van der Waals surface area contributed by atoms with E-state index in [-0.39, 0.29) is 16.8 Å². The molecule has 1 N–H and O–H groups in total. The molecule has 0 unspecified atom stereocenters. The average Bonchev–Trinajstić information content (AvgIpc) is 3.18. The van der Waals surface area contributed by atoms with Gasteiger partial charge in [0.05, 0.1) is 16.4 Å². The predicted molar refractivity (Wildman–Crippen MR) is 113 cm³/mol. The lowest BCUT2D eigenvalue weighted by Gasteiger charge is -2.09. The van der Waals surface area contributed by atoms with Crippen molar-refractivity contribution in [3.63, 3.8) is 0 Å². The van der Waals surface area contributed by atoms with E-state index in [9.17, 15) is 14.9 Å². The van der Waals surface area contributed by atoms with E-state index in [2.05, 4.69) is 10.5 Å². The Morgan fingerprint density at radius 3 is 2.48 bits per heavy atom. The standard InChI is InChI=1S/C21H19N3O4S/c1-14-3-10-19(11-4-14)29-15(2)21(25)23-22-13-18-9-12-20(28-18)16-5-7-17(8-6-16)24(26)27/h3-13,15H,1-2H3,(H,23,25)/b22-13-/t15-/m1/s1. The third-order valence-corrected chi connectivity index (χ3v) is 5.17. The van der Waals surface area contributed by atoms with Crippen molar-refractivity contribution >= 4 is 29.6 Å². The van der Waals surface area contributed by atoms with Gasteiger partial charge in [0.15, 0.2) is 0 Å². The summed E-state index contributed by atoms with van der Waals surface area (Å²) in [5, 5.41) is 14.4. The number of nitrogens with one attached hydrogen (secondary N) is 1. The third kappa shape index (κ3) is 5.55. The van der Waals surface area contributed by atoms with E-state index in [1.807, 2.05) is 38.1 Å². The molecule has 0 radical (unpaired) electrons. The Bertz CT molecular complexity index is 1030. The van der Waals surface area contributed by atoms with Gasteiger partial charge < -0.3 is 4.42 Å². The number of hydrazone groups is 1.